The van der Waals surface area contributed by atoms with Crippen LogP contribution in [0.3, 0.4) is 0 Å². The van der Waals surface area contributed by atoms with E-state index in [1.165, 1.54) is 0 Å². The van der Waals surface area contributed by atoms with E-state index in [1.54, 1.807) is 0 Å². The van der Waals surface area contributed by atoms with Crippen LogP contribution >= 0.6 is 0 Å². The van der Waals surface area contributed by atoms with Gasteiger partial charge < -0.3 is 4.98 Å². The highest BCUT2D eigenvalue weighted by Gasteiger charge is 2.25. The molecule has 0 aliphatic rings. The first-order chi connectivity index (χ1) is 10.2. The van der Waals surface area contributed by atoms with E-state index >= 15 is 0 Å². The van der Waals surface area contributed by atoms with Crippen molar-refractivity contribution in [2.45, 2.75) is 47.0 Å². The molecular weight excluding hydrogens is 276 g/mol. The molecule has 0 amide bonds. The van der Waals surface area contributed by atoms with E-state index in [0.717, 1.165) is 45.5 Å². The maximum absolute atomic E-state index is 4.69. The number of nitrogens with one attached hydrogen (secondary N) is 1. The maximum atomic E-state index is 4.69. The van der Waals surface area contributed by atoms with Crippen LogP contribution in [0.5, 0.6) is 0 Å². The molecule has 0 fully saturated rings. The Morgan fingerprint density at radius 1 is 0.909 bits per heavy atom. The number of aromatic nitrogens is 6. The zero-order valence-corrected chi connectivity index (χ0v) is 14.2. The molecule has 0 bridgehead atoms. The van der Waals surface area contributed by atoms with Crippen molar-refractivity contribution in [2.75, 3.05) is 0 Å². The van der Waals surface area contributed by atoms with Gasteiger partial charge in [-0.3, -0.25) is 4.98 Å². The highest BCUT2D eigenvalue weighted by Crippen LogP contribution is 2.30. The van der Waals surface area contributed by atoms with E-state index in [2.05, 4.69) is 40.8 Å². The molecule has 1 N–H and O–H groups in total. The summed E-state index contributed by atoms with van der Waals surface area (Å²) < 4.78 is 1.82. The van der Waals surface area contributed by atoms with Gasteiger partial charge in [0.25, 0.3) is 0 Å². The molecule has 0 aromatic carbocycles. The lowest BCUT2D eigenvalue weighted by Crippen LogP contribution is -2.13. The van der Waals surface area contributed by atoms with Crippen LogP contribution in [0, 0.1) is 20.8 Å². The molecule has 0 aliphatic carbocycles. The van der Waals surface area contributed by atoms with Gasteiger partial charge in [0.15, 0.2) is 11.5 Å². The monoisotopic (exact) mass is 298 g/mol. The molecule has 3 aromatic heterocycles. The van der Waals surface area contributed by atoms with Gasteiger partial charge >= 0.3 is 0 Å². The molecule has 6 heteroatoms. The average Bonchev–Trinajstić information content (AvgIpc) is 2.94. The minimum absolute atomic E-state index is 0.0484. The van der Waals surface area contributed by atoms with E-state index in [1.807, 2.05) is 32.5 Å². The SMILES string of the molecule is Cc1nc(C)c(-c2nc3c([nH]2)c(C(C)(C)C)nn3C)nc1C. The molecule has 0 saturated heterocycles. The van der Waals surface area contributed by atoms with E-state index in [-0.39, 0.29) is 5.41 Å². The summed E-state index contributed by atoms with van der Waals surface area (Å²) in [4.78, 5) is 17.3. The van der Waals surface area contributed by atoms with Crippen LogP contribution in [0.1, 0.15) is 43.5 Å². The lowest BCUT2D eigenvalue weighted by Gasteiger charge is -2.14. The molecule has 0 radical (unpaired) electrons. The van der Waals surface area contributed by atoms with E-state index in [0.29, 0.717) is 0 Å². The van der Waals surface area contributed by atoms with E-state index in [4.69, 9.17) is 4.98 Å². The van der Waals surface area contributed by atoms with Gasteiger partial charge in [-0.05, 0) is 20.8 Å². The van der Waals surface area contributed by atoms with Gasteiger partial charge in [-0.1, -0.05) is 20.8 Å². The smallest absolute Gasteiger partial charge is 0.176 e. The fourth-order valence-electron chi connectivity index (χ4n) is 2.59. The van der Waals surface area contributed by atoms with Gasteiger partial charge in [-0.2, -0.15) is 5.10 Å². The Morgan fingerprint density at radius 2 is 1.55 bits per heavy atom. The fraction of sp³-hybridized carbons (Fsp3) is 0.500. The van der Waals surface area contributed by atoms with Crippen molar-refractivity contribution in [3.8, 4) is 11.5 Å². The van der Waals surface area contributed by atoms with Gasteiger partial charge in [0.1, 0.15) is 11.2 Å². The number of H-pyrrole nitrogens is 1. The predicted octanol–water partition coefficient (Wildman–Crippen LogP) is 2.98. The third-order valence-corrected chi connectivity index (χ3v) is 3.89. The first-order valence-corrected chi connectivity index (χ1v) is 7.44. The zero-order valence-electron chi connectivity index (χ0n) is 14.2. The standard InChI is InChI=1S/C16H22N6/c1-8-9(2)18-11(10(3)17-8)14-19-12-13(16(4,5)6)21-22(7)15(12)20-14/h1-7H3,(H,19,20). The Hall–Kier alpha value is -2.24. The first kappa shape index (κ1) is 14.7. The van der Waals surface area contributed by atoms with Crippen LogP contribution in [0.2, 0.25) is 0 Å². The van der Waals surface area contributed by atoms with Crippen LogP contribution in [-0.2, 0) is 12.5 Å². The number of rotatable bonds is 1. The van der Waals surface area contributed by atoms with Gasteiger partial charge in [0.2, 0.25) is 0 Å². The molecule has 3 aromatic rings. The Labute approximate surface area is 130 Å². The zero-order chi connectivity index (χ0) is 16.2. The van der Waals surface area contributed by atoms with Crippen LogP contribution in [-0.4, -0.2) is 29.7 Å². The summed E-state index contributed by atoms with van der Waals surface area (Å²) in [7, 11) is 1.92. The minimum atomic E-state index is -0.0484. The summed E-state index contributed by atoms with van der Waals surface area (Å²) in [6.07, 6.45) is 0. The van der Waals surface area contributed by atoms with E-state index in [9.17, 15) is 0 Å². The molecule has 0 unspecified atom stereocenters. The van der Waals surface area contributed by atoms with Crippen molar-refractivity contribution in [1.82, 2.24) is 29.7 Å². The van der Waals surface area contributed by atoms with Crippen LogP contribution in [0.4, 0.5) is 0 Å². The number of aromatic amines is 1. The number of fused-ring (bicyclic) bond motifs is 1. The topological polar surface area (TPSA) is 72.3 Å². The Kier molecular flexibility index (Phi) is 3.09. The average molecular weight is 298 g/mol. The normalized spacial score (nSPS) is 12.3. The van der Waals surface area contributed by atoms with Gasteiger partial charge in [0.05, 0.1) is 22.8 Å². The largest absolute Gasteiger partial charge is 0.334 e. The van der Waals surface area contributed by atoms with Crippen LogP contribution < -0.4 is 0 Å². The second kappa shape index (κ2) is 4.63. The molecule has 0 spiro atoms. The summed E-state index contributed by atoms with van der Waals surface area (Å²) in [5, 5.41) is 4.60. The first-order valence-electron chi connectivity index (χ1n) is 7.44. The molecule has 3 heterocycles. The summed E-state index contributed by atoms with van der Waals surface area (Å²) in [6, 6.07) is 0. The Morgan fingerprint density at radius 3 is 2.18 bits per heavy atom. The number of nitrogens with zero attached hydrogens (tertiary/aromatic N) is 5. The predicted molar refractivity (Wildman–Crippen MR) is 86.8 cm³/mol. The van der Waals surface area contributed by atoms with Gasteiger partial charge in [-0.15, -0.1) is 0 Å². The second-order valence-corrected chi connectivity index (χ2v) is 6.83. The number of aryl methyl sites for hydroxylation is 4. The molecule has 3 rings (SSSR count). The highest BCUT2D eigenvalue weighted by molar-refractivity contribution is 5.79. The number of hydrogen-bond acceptors (Lipinski definition) is 4. The van der Waals surface area contributed by atoms with Crippen molar-refractivity contribution in [2.24, 2.45) is 7.05 Å². The molecule has 0 atom stereocenters. The molecular formula is C16H22N6. The minimum Gasteiger partial charge on any atom is -0.334 e. The van der Waals surface area contributed by atoms with Crippen LogP contribution in [0.25, 0.3) is 22.7 Å². The van der Waals surface area contributed by atoms with E-state index < -0.39 is 0 Å². The Bertz CT molecular complexity index is 863. The van der Waals surface area contributed by atoms with Crippen molar-refractivity contribution >= 4 is 11.2 Å². The quantitative estimate of drug-likeness (QED) is 0.749. The number of imidazole rings is 1. The molecule has 0 aliphatic heterocycles. The summed E-state index contributed by atoms with van der Waals surface area (Å²) in [5.41, 5.74) is 6.35. The molecule has 0 saturated carbocycles. The second-order valence-electron chi connectivity index (χ2n) is 6.83. The highest BCUT2D eigenvalue weighted by atomic mass is 15.3. The van der Waals surface area contributed by atoms with Crippen molar-refractivity contribution in [3.63, 3.8) is 0 Å². The fourth-order valence-corrected chi connectivity index (χ4v) is 2.59. The van der Waals surface area contributed by atoms with Crippen LogP contribution in [0.15, 0.2) is 0 Å². The van der Waals surface area contributed by atoms with Gasteiger partial charge in [-0.25, -0.2) is 14.6 Å². The number of hydrogen-bond donors (Lipinski definition) is 1. The van der Waals surface area contributed by atoms with Crippen molar-refractivity contribution in [3.05, 3.63) is 22.8 Å². The third-order valence-electron chi connectivity index (χ3n) is 3.89. The van der Waals surface area contributed by atoms with Crippen molar-refractivity contribution in [1.29, 1.82) is 0 Å². The summed E-state index contributed by atoms with van der Waals surface area (Å²) >= 11 is 0. The Balaban J connectivity index is 2.24. The third kappa shape index (κ3) is 2.19. The lowest BCUT2D eigenvalue weighted by molar-refractivity contribution is 0.556. The lowest BCUT2D eigenvalue weighted by atomic mass is 9.92. The molecule has 22 heavy (non-hydrogen) atoms. The molecule has 6 nitrogen and oxygen atoms in total. The van der Waals surface area contributed by atoms with Gasteiger partial charge in [0, 0.05) is 12.5 Å². The maximum Gasteiger partial charge on any atom is 0.176 e. The molecule has 116 valence electrons. The summed E-state index contributed by atoms with van der Waals surface area (Å²) in [6.45, 7) is 12.4. The summed E-state index contributed by atoms with van der Waals surface area (Å²) in [5.74, 6) is 0.751. The van der Waals surface area contributed by atoms with Crippen molar-refractivity contribution < 1.29 is 0 Å².